The van der Waals surface area contributed by atoms with Gasteiger partial charge in [-0.05, 0) is 31.5 Å². The van der Waals surface area contributed by atoms with E-state index in [2.05, 4.69) is 32.6 Å². The fraction of sp³-hybridized carbons (Fsp3) is 0.182. The second kappa shape index (κ2) is 9.23. The largest absolute Gasteiger partial charge is 0.301 e. The number of aromatic nitrogens is 4. The Morgan fingerprint density at radius 3 is 2.40 bits per heavy atom. The maximum atomic E-state index is 12.4. The number of carbonyl (C=O) groups excluding carboxylic acids is 1. The number of thioether (sulfide) groups is 1. The minimum absolute atomic E-state index is 0.110. The number of nitrogens with zero attached hydrogens (tertiary/aromatic N) is 4. The Labute approximate surface area is 183 Å². The van der Waals surface area contributed by atoms with Gasteiger partial charge in [0.1, 0.15) is 5.82 Å². The zero-order chi connectivity index (χ0) is 20.9. The summed E-state index contributed by atoms with van der Waals surface area (Å²) in [5, 5.41) is 13.0. The fourth-order valence-corrected chi connectivity index (χ4v) is 4.54. The first kappa shape index (κ1) is 20.3. The van der Waals surface area contributed by atoms with Crippen molar-refractivity contribution >= 4 is 34.1 Å². The molecule has 1 amide bonds. The van der Waals surface area contributed by atoms with Crippen molar-refractivity contribution in [2.75, 3.05) is 11.1 Å². The molecule has 0 atom stereocenters. The average molecular weight is 436 g/mol. The lowest BCUT2D eigenvalue weighted by atomic mass is 10.1. The van der Waals surface area contributed by atoms with Crippen molar-refractivity contribution in [2.24, 2.45) is 0 Å². The summed E-state index contributed by atoms with van der Waals surface area (Å²) in [5.74, 6) is 0.955. The molecule has 2 aromatic heterocycles. The molecule has 4 aromatic rings. The number of nitrogens with one attached hydrogen (secondary N) is 1. The Morgan fingerprint density at radius 1 is 1.03 bits per heavy atom. The van der Waals surface area contributed by atoms with Gasteiger partial charge >= 0.3 is 0 Å². The van der Waals surface area contributed by atoms with E-state index >= 15 is 0 Å². The average Bonchev–Trinajstić information content (AvgIpc) is 3.30. The second-order valence-electron chi connectivity index (χ2n) is 6.73. The molecule has 8 heteroatoms. The van der Waals surface area contributed by atoms with E-state index < -0.39 is 0 Å². The molecule has 0 saturated carbocycles. The minimum atomic E-state index is -0.110. The van der Waals surface area contributed by atoms with Gasteiger partial charge in [0, 0.05) is 17.0 Å². The lowest BCUT2D eigenvalue weighted by molar-refractivity contribution is -0.113. The van der Waals surface area contributed by atoms with Crippen LogP contribution < -0.4 is 5.32 Å². The Kier molecular flexibility index (Phi) is 6.25. The molecule has 0 radical (unpaired) electrons. The smallest absolute Gasteiger partial charge is 0.236 e. The molecule has 4 rings (SSSR count). The molecule has 0 saturated heterocycles. The third-order valence-corrected chi connectivity index (χ3v) is 6.44. The summed E-state index contributed by atoms with van der Waals surface area (Å²) in [7, 11) is 0. The lowest BCUT2D eigenvalue weighted by Crippen LogP contribution is -2.14. The Morgan fingerprint density at radius 2 is 1.73 bits per heavy atom. The number of hydrogen-bond acceptors (Lipinski definition) is 6. The van der Waals surface area contributed by atoms with Crippen LogP contribution in [0.4, 0.5) is 5.13 Å². The van der Waals surface area contributed by atoms with E-state index in [0.717, 1.165) is 27.6 Å². The summed E-state index contributed by atoms with van der Waals surface area (Å²) in [4.78, 5) is 17.9. The van der Waals surface area contributed by atoms with Crippen LogP contribution >= 0.6 is 23.1 Å². The lowest BCUT2D eigenvalue weighted by Gasteiger charge is -2.10. The molecule has 0 spiro atoms. The number of benzene rings is 2. The number of amides is 1. The third kappa shape index (κ3) is 4.77. The number of carbonyl (C=O) groups is 1. The van der Waals surface area contributed by atoms with Crippen molar-refractivity contribution in [2.45, 2.75) is 25.4 Å². The van der Waals surface area contributed by atoms with Gasteiger partial charge in [-0.15, -0.1) is 21.5 Å². The molecule has 152 valence electrons. The summed E-state index contributed by atoms with van der Waals surface area (Å²) in [6.07, 6.45) is 0.660. The summed E-state index contributed by atoms with van der Waals surface area (Å²) in [6.45, 7) is 3.93. The summed E-state index contributed by atoms with van der Waals surface area (Å²) >= 11 is 2.85. The first-order valence-corrected chi connectivity index (χ1v) is 11.3. The molecular formula is C22H21N5OS2. The second-order valence-corrected chi connectivity index (χ2v) is 8.88. The maximum absolute atomic E-state index is 12.4. The molecule has 0 bridgehead atoms. The van der Waals surface area contributed by atoms with Crippen molar-refractivity contribution in [3.8, 4) is 5.69 Å². The van der Waals surface area contributed by atoms with E-state index in [-0.39, 0.29) is 11.7 Å². The van der Waals surface area contributed by atoms with Crippen molar-refractivity contribution in [1.82, 2.24) is 19.7 Å². The van der Waals surface area contributed by atoms with Crippen LogP contribution in [-0.4, -0.2) is 31.4 Å². The Bertz CT molecular complexity index is 1120. The van der Waals surface area contributed by atoms with Gasteiger partial charge in [-0.25, -0.2) is 4.98 Å². The fourth-order valence-electron chi connectivity index (χ4n) is 2.93. The Balaban J connectivity index is 1.53. The summed E-state index contributed by atoms with van der Waals surface area (Å²) in [5.41, 5.74) is 3.07. The SMILES string of the molecule is Cc1nc(NC(=O)CSc2nnc(Cc3ccccc3)n2-c2ccccc2)sc1C. The van der Waals surface area contributed by atoms with Crippen molar-refractivity contribution < 1.29 is 4.79 Å². The molecule has 0 aliphatic carbocycles. The molecule has 6 nitrogen and oxygen atoms in total. The van der Waals surface area contributed by atoms with E-state index in [4.69, 9.17) is 0 Å². The number of hydrogen-bond donors (Lipinski definition) is 1. The first-order chi connectivity index (χ1) is 14.6. The standard InChI is InChI=1S/C22H21N5OS2/c1-15-16(2)30-21(23-15)24-20(28)14-29-22-26-25-19(13-17-9-5-3-6-10-17)27(22)18-11-7-4-8-12-18/h3-12H,13-14H2,1-2H3,(H,23,24,28). The minimum Gasteiger partial charge on any atom is -0.301 e. The van der Waals surface area contributed by atoms with Crippen LogP contribution in [0.1, 0.15) is 22.0 Å². The van der Waals surface area contributed by atoms with Crippen LogP contribution in [0.3, 0.4) is 0 Å². The first-order valence-electron chi connectivity index (χ1n) is 9.50. The monoisotopic (exact) mass is 435 g/mol. The zero-order valence-electron chi connectivity index (χ0n) is 16.7. The van der Waals surface area contributed by atoms with Gasteiger partial charge in [0.2, 0.25) is 5.91 Å². The van der Waals surface area contributed by atoms with Gasteiger partial charge in [0.05, 0.1) is 11.4 Å². The van der Waals surface area contributed by atoms with Crippen LogP contribution in [0.5, 0.6) is 0 Å². The highest BCUT2D eigenvalue weighted by atomic mass is 32.2. The van der Waals surface area contributed by atoms with E-state index in [9.17, 15) is 4.79 Å². The molecule has 2 heterocycles. The van der Waals surface area contributed by atoms with E-state index in [1.54, 1.807) is 0 Å². The Hall–Kier alpha value is -2.97. The van der Waals surface area contributed by atoms with Crippen LogP contribution in [0.2, 0.25) is 0 Å². The van der Waals surface area contributed by atoms with Gasteiger partial charge in [-0.1, -0.05) is 60.3 Å². The third-order valence-electron chi connectivity index (χ3n) is 4.53. The quantitative estimate of drug-likeness (QED) is 0.427. The van der Waals surface area contributed by atoms with Crippen LogP contribution in [0, 0.1) is 13.8 Å². The van der Waals surface area contributed by atoms with Gasteiger partial charge in [0.25, 0.3) is 0 Å². The van der Waals surface area contributed by atoms with Crippen molar-refractivity contribution in [3.05, 3.63) is 82.6 Å². The molecule has 2 aromatic carbocycles. The van der Waals surface area contributed by atoms with Gasteiger partial charge in [0.15, 0.2) is 10.3 Å². The molecule has 0 aliphatic heterocycles. The molecular weight excluding hydrogens is 414 g/mol. The number of aryl methyl sites for hydroxylation is 2. The maximum Gasteiger partial charge on any atom is 0.236 e. The topological polar surface area (TPSA) is 72.7 Å². The normalized spacial score (nSPS) is 10.9. The van der Waals surface area contributed by atoms with Crippen LogP contribution in [0.15, 0.2) is 65.8 Å². The predicted octanol–water partition coefficient (Wildman–Crippen LogP) is 4.66. The summed E-state index contributed by atoms with van der Waals surface area (Å²) in [6, 6.07) is 20.1. The zero-order valence-corrected chi connectivity index (χ0v) is 18.3. The number of thiazole rings is 1. The van der Waals surface area contributed by atoms with E-state index in [1.807, 2.05) is 66.9 Å². The highest BCUT2D eigenvalue weighted by Crippen LogP contribution is 2.25. The van der Waals surface area contributed by atoms with Gasteiger partial charge < -0.3 is 5.32 Å². The van der Waals surface area contributed by atoms with E-state index in [0.29, 0.717) is 16.7 Å². The molecule has 0 unspecified atom stereocenters. The van der Waals surface area contributed by atoms with Crippen LogP contribution in [-0.2, 0) is 11.2 Å². The summed E-state index contributed by atoms with van der Waals surface area (Å²) < 4.78 is 2.02. The van der Waals surface area contributed by atoms with Crippen LogP contribution in [0.25, 0.3) is 5.69 Å². The predicted molar refractivity (Wildman–Crippen MR) is 122 cm³/mol. The molecule has 0 aliphatic rings. The molecule has 0 fully saturated rings. The number of rotatable bonds is 7. The highest BCUT2D eigenvalue weighted by Gasteiger charge is 2.17. The van der Waals surface area contributed by atoms with Gasteiger partial charge in [-0.2, -0.15) is 0 Å². The highest BCUT2D eigenvalue weighted by molar-refractivity contribution is 7.99. The van der Waals surface area contributed by atoms with E-state index in [1.165, 1.54) is 23.1 Å². The molecule has 1 N–H and O–H groups in total. The van der Waals surface area contributed by atoms with Crippen molar-refractivity contribution in [1.29, 1.82) is 0 Å². The number of para-hydroxylation sites is 1. The van der Waals surface area contributed by atoms with Crippen molar-refractivity contribution in [3.63, 3.8) is 0 Å². The van der Waals surface area contributed by atoms with Gasteiger partial charge in [-0.3, -0.25) is 9.36 Å². The number of anilines is 1. The molecule has 30 heavy (non-hydrogen) atoms.